The molecule has 0 atom stereocenters. The van der Waals surface area contributed by atoms with Crippen LogP contribution in [0.15, 0.2) is 0 Å². The molecule has 0 saturated carbocycles. The maximum absolute atomic E-state index is 5.52. The van der Waals surface area contributed by atoms with Crippen LogP contribution in [-0.2, 0) is 4.74 Å². The molecule has 0 unspecified atom stereocenters. The van der Waals surface area contributed by atoms with Gasteiger partial charge in [-0.3, -0.25) is 0 Å². The zero-order valence-electron chi connectivity index (χ0n) is 10.5. The van der Waals surface area contributed by atoms with Gasteiger partial charge in [0.15, 0.2) is 0 Å². The maximum atomic E-state index is 5.52. The molecule has 0 radical (unpaired) electrons. The van der Waals surface area contributed by atoms with Crippen molar-refractivity contribution in [1.82, 2.24) is 0 Å². The van der Waals surface area contributed by atoms with Gasteiger partial charge in [-0.2, -0.15) is 0 Å². The summed E-state index contributed by atoms with van der Waals surface area (Å²) >= 11 is 0. The third kappa shape index (κ3) is 12.0. The Morgan fingerprint density at radius 3 is 2.00 bits per heavy atom. The molecule has 0 spiro atoms. The lowest BCUT2D eigenvalue weighted by Gasteiger charge is -2.07. The predicted molar refractivity (Wildman–Crippen MR) is 63.6 cm³/mol. The topological polar surface area (TPSA) is 9.23 Å². The molecule has 0 aromatic rings. The molecule has 0 bridgehead atoms. The van der Waals surface area contributed by atoms with Gasteiger partial charge in [-0.15, -0.1) is 0 Å². The van der Waals surface area contributed by atoms with E-state index in [0.29, 0.717) is 5.92 Å². The Bertz CT molecular complexity index is 93.8. The first-order valence-corrected chi connectivity index (χ1v) is 6.20. The minimum atomic E-state index is 0.677. The number of hydrogen-bond acceptors (Lipinski definition) is 1. The second-order valence-electron chi connectivity index (χ2n) is 5.07. The quantitative estimate of drug-likeness (QED) is 0.505. The van der Waals surface area contributed by atoms with Crippen LogP contribution < -0.4 is 0 Å². The lowest BCUT2D eigenvalue weighted by Crippen LogP contribution is -2.03. The van der Waals surface area contributed by atoms with Crippen molar-refractivity contribution in [2.45, 2.75) is 59.8 Å². The van der Waals surface area contributed by atoms with Crippen LogP contribution >= 0.6 is 0 Å². The van der Waals surface area contributed by atoms with Crippen molar-refractivity contribution in [1.29, 1.82) is 0 Å². The highest BCUT2D eigenvalue weighted by molar-refractivity contribution is 4.48. The van der Waals surface area contributed by atoms with Crippen molar-refractivity contribution in [3.05, 3.63) is 0 Å². The molecule has 0 aromatic heterocycles. The summed E-state index contributed by atoms with van der Waals surface area (Å²) < 4.78 is 5.52. The monoisotopic (exact) mass is 200 g/mol. The van der Waals surface area contributed by atoms with Crippen molar-refractivity contribution in [2.24, 2.45) is 11.8 Å². The Morgan fingerprint density at radius 2 is 1.43 bits per heavy atom. The summed E-state index contributed by atoms with van der Waals surface area (Å²) in [5, 5.41) is 0. The van der Waals surface area contributed by atoms with Crippen LogP contribution in [-0.4, -0.2) is 13.2 Å². The zero-order valence-corrected chi connectivity index (χ0v) is 10.5. The minimum Gasteiger partial charge on any atom is -0.381 e. The van der Waals surface area contributed by atoms with Gasteiger partial charge in [-0.25, -0.2) is 0 Å². The normalized spacial score (nSPS) is 11.6. The Morgan fingerprint density at radius 1 is 0.786 bits per heavy atom. The van der Waals surface area contributed by atoms with Gasteiger partial charge >= 0.3 is 0 Å². The smallest absolute Gasteiger partial charge is 0.0488 e. The van der Waals surface area contributed by atoms with E-state index < -0.39 is 0 Å². The third-order valence-corrected chi connectivity index (χ3v) is 2.27. The van der Waals surface area contributed by atoms with E-state index >= 15 is 0 Å². The predicted octanol–water partition coefficient (Wildman–Crippen LogP) is 4.27. The molecule has 1 nitrogen and oxygen atoms in total. The Labute approximate surface area is 90.2 Å². The van der Waals surface area contributed by atoms with E-state index in [0.717, 1.165) is 19.1 Å². The maximum Gasteiger partial charge on any atom is 0.0488 e. The van der Waals surface area contributed by atoms with E-state index in [1.807, 2.05) is 0 Å². The molecule has 0 heterocycles. The molecule has 0 aliphatic rings. The Kier molecular flexibility index (Phi) is 9.49. The van der Waals surface area contributed by atoms with E-state index in [-0.39, 0.29) is 0 Å². The van der Waals surface area contributed by atoms with Gasteiger partial charge in [0.25, 0.3) is 0 Å². The third-order valence-electron chi connectivity index (χ3n) is 2.27. The summed E-state index contributed by atoms with van der Waals surface area (Å²) in [6.45, 7) is 10.9. The van der Waals surface area contributed by atoms with Crippen molar-refractivity contribution in [3.8, 4) is 0 Å². The molecular formula is C13H28O. The van der Waals surface area contributed by atoms with Crippen LogP contribution in [0.25, 0.3) is 0 Å². The summed E-state index contributed by atoms with van der Waals surface area (Å²) in [5.74, 6) is 1.54. The SMILES string of the molecule is CC(C)CCCCCCOCC(C)C. The number of unbranched alkanes of at least 4 members (excludes halogenated alkanes) is 3. The van der Waals surface area contributed by atoms with E-state index in [1.54, 1.807) is 0 Å². The summed E-state index contributed by atoms with van der Waals surface area (Å²) in [7, 11) is 0. The van der Waals surface area contributed by atoms with E-state index in [2.05, 4.69) is 27.7 Å². The van der Waals surface area contributed by atoms with Gasteiger partial charge in [0.05, 0.1) is 0 Å². The standard InChI is InChI=1S/C13H28O/c1-12(2)9-7-5-6-8-10-14-11-13(3)4/h12-13H,5-11H2,1-4H3. The summed E-state index contributed by atoms with van der Waals surface area (Å²) in [6, 6.07) is 0. The van der Waals surface area contributed by atoms with Gasteiger partial charge in [-0.05, 0) is 18.3 Å². The minimum absolute atomic E-state index is 0.677. The molecule has 0 aliphatic carbocycles. The van der Waals surface area contributed by atoms with Crippen LogP contribution in [0.5, 0.6) is 0 Å². The molecule has 1 heteroatoms. The van der Waals surface area contributed by atoms with Gasteiger partial charge in [0.1, 0.15) is 0 Å². The molecule has 0 amide bonds. The van der Waals surface area contributed by atoms with E-state index in [9.17, 15) is 0 Å². The first-order chi connectivity index (χ1) is 6.63. The molecule has 14 heavy (non-hydrogen) atoms. The highest BCUT2D eigenvalue weighted by Crippen LogP contribution is 2.09. The first-order valence-electron chi connectivity index (χ1n) is 6.20. The van der Waals surface area contributed by atoms with E-state index in [1.165, 1.54) is 32.1 Å². The van der Waals surface area contributed by atoms with Crippen LogP contribution in [0.3, 0.4) is 0 Å². The lowest BCUT2D eigenvalue weighted by atomic mass is 10.0. The van der Waals surface area contributed by atoms with Crippen molar-refractivity contribution < 1.29 is 4.74 Å². The first kappa shape index (κ1) is 14.0. The molecule has 0 saturated heterocycles. The van der Waals surface area contributed by atoms with Gasteiger partial charge in [0.2, 0.25) is 0 Å². The highest BCUT2D eigenvalue weighted by atomic mass is 16.5. The number of ether oxygens (including phenoxy) is 1. The Balaban J connectivity index is 2.92. The fourth-order valence-electron chi connectivity index (χ4n) is 1.43. The average Bonchev–Trinajstić information content (AvgIpc) is 2.08. The Hall–Kier alpha value is -0.0400. The molecule has 0 rings (SSSR count). The average molecular weight is 200 g/mol. The fraction of sp³-hybridized carbons (Fsp3) is 1.00. The van der Waals surface area contributed by atoms with Gasteiger partial charge < -0.3 is 4.74 Å². The van der Waals surface area contributed by atoms with Gasteiger partial charge in [-0.1, -0.05) is 53.4 Å². The van der Waals surface area contributed by atoms with E-state index in [4.69, 9.17) is 4.74 Å². The number of hydrogen-bond donors (Lipinski definition) is 0. The largest absolute Gasteiger partial charge is 0.381 e. The molecule has 0 N–H and O–H groups in total. The van der Waals surface area contributed by atoms with Crippen LogP contribution in [0, 0.1) is 11.8 Å². The molecule has 0 fully saturated rings. The molecular weight excluding hydrogens is 172 g/mol. The lowest BCUT2D eigenvalue weighted by molar-refractivity contribution is 0.106. The molecule has 86 valence electrons. The van der Waals surface area contributed by atoms with Crippen LogP contribution in [0.2, 0.25) is 0 Å². The summed E-state index contributed by atoms with van der Waals surface area (Å²) in [4.78, 5) is 0. The fourth-order valence-corrected chi connectivity index (χ4v) is 1.43. The second kappa shape index (κ2) is 9.51. The second-order valence-corrected chi connectivity index (χ2v) is 5.07. The zero-order chi connectivity index (χ0) is 10.8. The highest BCUT2D eigenvalue weighted by Gasteiger charge is 1.95. The summed E-state index contributed by atoms with van der Waals surface area (Å²) in [6.07, 6.45) is 6.73. The van der Waals surface area contributed by atoms with Crippen LogP contribution in [0.1, 0.15) is 59.8 Å². The molecule has 0 aromatic carbocycles. The van der Waals surface area contributed by atoms with Crippen molar-refractivity contribution in [2.75, 3.05) is 13.2 Å². The van der Waals surface area contributed by atoms with Gasteiger partial charge in [0, 0.05) is 13.2 Å². The number of rotatable bonds is 9. The van der Waals surface area contributed by atoms with Crippen LogP contribution in [0.4, 0.5) is 0 Å². The van der Waals surface area contributed by atoms with Crippen molar-refractivity contribution >= 4 is 0 Å². The molecule has 0 aliphatic heterocycles. The summed E-state index contributed by atoms with van der Waals surface area (Å²) in [5.41, 5.74) is 0. The van der Waals surface area contributed by atoms with Crippen molar-refractivity contribution in [3.63, 3.8) is 0 Å².